The highest BCUT2D eigenvalue weighted by atomic mass is 16.6. The lowest BCUT2D eigenvalue weighted by molar-refractivity contribution is -0.385. The number of benzene rings is 2. The van der Waals surface area contributed by atoms with Gasteiger partial charge >= 0.3 is 0 Å². The number of carbonyl (C=O) groups is 1. The maximum Gasteiger partial charge on any atom is 0.269 e. The Kier molecular flexibility index (Phi) is 3.17. The molecule has 1 atom stereocenters. The zero-order valence-electron chi connectivity index (χ0n) is 11.4. The molecule has 0 aliphatic carbocycles. The number of aryl methyl sites for hydroxylation is 1. The molecule has 0 saturated heterocycles. The van der Waals surface area contributed by atoms with Gasteiger partial charge in [-0.1, -0.05) is 18.2 Å². The molecule has 0 radical (unpaired) electrons. The van der Waals surface area contributed by atoms with Crippen LogP contribution in [0.2, 0.25) is 0 Å². The van der Waals surface area contributed by atoms with Crippen LogP contribution in [0.1, 0.15) is 34.0 Å². The van der Waals surface area contributed by atoms with Gasteiger partial charge in [0.05, 0.1) is 16.9 Å². The number of Topliss-reactive ketones (excluding diaryl/α,β-unsaturated/α-hetero) is 1. The van der Waals surface area contributed by atoms with Crippen LogP contribution < -0.4 is 4.74 Å². The Bertz CT molecular complexity index is 739. The fourth-order valence-electron chi connectivity index (χ4n) is 2.46. The first kappa shape index (κ1) is 13.3. The number of non-ortho nitro benzene ring substituents is 1. The molecule has 0 fully saturated rings. The normalized spacial score (nSPS) is 17.0. The summed E-state index contributed by atoms with van der Waals surface area (Å²) >= 11 is 0. The fourth-order valence-corrected chi connectivity index (χ4v) is 2.46. The van der Waals surface area contributed by atoms with Crippen LogP contribution in [0.15, 0.2) is 42.5 Å². The van der Waals surface area contributed by atoms with Gasteiger partial charge < -0.3 is 4.74 Å². The second kappa shape index (κ2) is 5.01. The summed E-state index contributed by atoms with van der Waals surface area (Å²) in [6.45, 7) is 1.92. The second-order valence-electron chi connectivity index (χ2n) is 5.09. The molecule has 0 amide bonds. The van der Waals surface area contributed by atoms with Crippen molar-refractivity contribution in [1.29, 1.82) is 0 Å². The van der Waals surface area contributed by atoms with Gasteiger partial charge in [0.1, 0.15) is 11.9 Å². The van der Waals surface area contributed by atoms with Crippen molar-refractivity contribution in [1.82, 2.24) is 0 Å². The molecule has 0 saturated carbocycles. The molecule has 2 aromatic carbocycles. The van der Waals surface area contributed by atoms with Crippen LogP contribution in [-0.2, 0) is 0 Å². The molecule has 0 bridgehead atoms. The smallest absolute Gasteiger partial charge is 0.269 e. The lowest BCUT2D eigenvalue weighted by atomic mass is 9.95. The fraction of sp³-hybridized carbons (Fsp3) is 0.188. The third-order valence-corrected chi connectivity index (χ3v) is 3.53. The lowest BCUT2D eigenvalue weighted by Crippen LogP contribution is -2.20. The van der Waals surface area contributed by atoms with Crippen molar-refractivity contribution in [3.63, 3.8) is 0 Å². The molecule has 0 unspecified atom stereocenters. The summed E-state index contributed by atoms with van der Waals surface area (Å²) in [5, 5.41) is 10.8. The Balaban J connectivity index is 1.97. The molecule has 1 aliphatic rings. The summed E-state index contributed by atoms with van der Waals surface area (Å²) in [6.07, 6.45) is -0.288. The second-order valence-corrected chi connectivity index (χ2v) is 5.09. The van der Waals surface area contributed by atoms with Crippen molar-refractivity contribution in [2.45, 2.75) is 19.4 Å². The number of hydrogen-bond acceptors (Lipinski definition) is 4. The molecule has 1 aliphatic heterocycles. The standard InChI is InChI=1S/C16H13NO4/c1-10-5-6-13-14(18)9-15(21-16(13)7-10)11-3-2-4-12(8-11)17(19)20/h2-8,15H,9H2,1H3/t15-/m1/s1. The van der Waals surface area contributed by atoms with E-state index in [0.717, 1.165) is 5.56 Å². The minimum Gasteiger partial charge on any atom is -0.484 e. The highest BCUT2D eigenvalue weighted by Gasteiger charge is 2.28. The highest BCUT2D eigenvalue weighted by Crippen LogP contribution is 2.36. The average molecular weight is 283 g/mol. The van der Waals surface area contributed by atoms with Gasteiger partial charge in [-0.05, 0) is 30.2 Å². The zero-order valence-corrected chi connectivity index (χ0v) is 11.4. The van der Waals surface area contributed by atoms with Crippen LogP contribution in [0.4, 0.5) is 5.69 Å². The largest absolute Gasteiger partial charge is 0.484 e. The van der Waals surface area contributed by atoms with E-state index in [2.05, 4.69) is 0 Å². The molecule has 0 spiro atoms. The first-order valence-electron chi connectivity index (χ1n) is 6.59. The Morgan fingerprint density at radius 1 is 1.24 bits per heavy atom. The summed E-state index contributed by atoms with van der Waals surface area (Å²) in [5.41, 5.74) is 2.21. The van der Waals surface area contributed by atoms with E-state index >= 15 is 0 Å². The van der Waals surface area contributed by atoms with Crippen LogP contribution >= 0.6 is 0 Å². The van der Waals surface area contributed by atoms with E-state index < -0.39 is 11.0 Å². The van der Waals surface area contributed by atoms with E-state index in [-0.39, 0.29) is 17.9 Å². The zero-order chi connectivity index (χ0) is 15.0. The van der Waals surface area contributed by atoms with E-state index in [1.807, 2.05) is 19.1 Å². The van der Waals surface area contributed by atoms with E-state index in [9.17, 15) is 14.9 Å². The van der Waals surface area contributed by atoms with Crippen molar-refractivity contribution >= 4 is 11.5 Å². The summed E-state index contributed by atoms with van der Waals surface area (Å²) in [7, 11) is 0. The molecule has 2 aromatic rings. The van der Waals surface area contributed by atoms with Crippen molar-refractivity contribution in [2.75, 3.05) is 0 Å². The minimum atomic E-state index is -0.480. The summed E-state index contributed by atoms with van der Waals surface area (Å²) < 4.78 is 5.86. The maximum atomic E-state index is 12.2. The number of carbonyl (C=O) groups excluding carboxylic acids is 1. The Labute approximate surface area is 121 Å². The van der Waals surface area contributed by atoms with Crippen molar-refractivity contribution < 1.29 is 14.5 Å². The maximum absolute atomic E-state index is 12.2. The monoisotopic (exact) mass is 283 g/mol. The minimum absolute atomic E-state index is 0.00131. The van der Waals surface area contributed by atoms with Gasteiger partial charge in [-0.2, -0.15) is 0 Å². The van der Waals surface area contributed by atoms with Gasteiger partial charge in [0, 0.05) is 12.1 Å². The molecule has 106 valence electrons. The molecule has 1 heterocycles. The number of nitrogens with zero attached hydrogens (tertiary/aromatic N) is 1. The number of ether oxygens (including phenoxy) is 1. The van der Waals surface area contributed by atoms with Crippen LogP contribution in [0.3, 0.4) is 0 Å². The van der Waals surface area contributed by atoms with Gasteiger partial charge in [-0.25, -0.2) is 0 Å². The van der Waals surface area contributed by atoms with Gasteiger partial charge in [0.2, 0.25) is 0 Å². The Morgan fingerprint density at radius 3 is 2.81 bits per heavy atom. The highest BCUT2D eigenvalue weighted by molar-refractivity contribution is 6.00. The number of nitro benzene ring substituents is 1. The van der Waals surface area contributed by atoms with Gasteiger partial charge in [-0.15, -0.1) is 0 Å². The van der Waals surface area contributed by atoms with E-state index in [0.29, 0.717) is 16.9 Å². The summed E-state index contributed by atoms with van der Waals surface area (Å²) in [4.78, 5) is 22.6. The SMILES string of the molecule is Cc1ccc2c(c1)O[C@@H](c1cccc([N+](=O)[O-])c1)CC2=O. The van der Waals surface area contributed by atoms with Crippen molar-refractivity contribution in [3.8, 4) is 5.75 Å². The van der Waals surface area contributed by atoms with E-state index in [1.165, 1.54) is 12.1 Å². The third-order valence-electron chi connectivity index (χ3n) is 3.53. The van der Waals surface area contributed by atoms with E-state index in [1.54, 1.807) is 18.2 Å². The first-order valence-corrected chi connectivity index (χ1v) is 6.59. The molecular formula is C16H13NO4. The first-order chi connectivity index (χ1) is 10.0. The quantitative estimate of drug-likeness (QED) is 0.623. The van der Waals surface area contributed by atoms with Crippen LogP contribution in [-0.4, -0.2) is 10.7 Å². The average Bonchev–Trinajstić information content (AvgIpc) is 2.46. The number of nitro groups is 1. The van der Waals surface area contributed by atoms with Gasteiger partial charge in [0.15, 0.2) is 5.78 Å². The van der Waals surface area contributed by atoms with Crippen LogP contribution in [0.5, 0.6) is 5.75 Å². The van der Waals surface area contributed by atoms with E-state index in [4.69, 9.17) is 4.74 Å². The van der Waals surface area contributed by atoms with Crippen molar-refractivity contribution in [2.24, 2.45) is 0 Å². The van der Waals surface area contributed by atoms with Gasteiger partial charge in [0.25, 0.3) is 5.69 Å². The lowest BCUT2D eigenvalue weighted by Gasteiger charge is -2.25. The van der Waals surface area contributed by atoms with Gasteiger partial charge in [-0.3, -0.25) is 14.9 Å². The predicted octanol–water partition coefficient (Wildman–Crippen LogP) is 3.61. The number of rotatable bonds is 2. The van der Waals surface area contributed by atoms with Crippen LogP contribution in [0.25, 0.3) is 0 Å². The van der Waals surface area contributed by atoms with Crippen LogP contribution in [0, 0.1) is 17.0 Å². The molecule has 5 heteroatoms. The number of ketones is 1. The molecule has 0 N–H and O–H groups in total. The number of fused-ring (bicyclic) bond motifs is 1. The molecule has 0 aromatic heterocycles. The summed E-state index contributed by atoms with van der Waals surface area (Å²) in [6, 6.07) is 11.7. The predicted molar refractivity (Wildman–Crippen MR) is 76.6 cm³/mol. The number of hydrogen-bond donors (Lipinski definition) is 0. The van der Waals surface area contributed by atoms with Crippen molar-refractivity contribution in [3.05, 3.63) is 69.3 Å². The Hall–Kier alpha value is -2.69. The molecule has 3 rings (SSSR count). The Morgan fingerprint density at radius 2 is 2.05 bits per heavy atom. The molecule has 21 heavy (non-hydrogen) atoms. The third kappa shape index (κ3) is 2.50. The molecular weight excluding hydrogens is 270 g/mol. The summed E-state index contributed by atoms with van der Waals surface area (Å²) in [5.74, 6) is 0.538. The molecule has 5 nitrogen and oxygen atoms in total. The topological polar surface area (TPSA) is 69.4 Å².